The van der Waals surface area contributed by atoms with Crippen molar-refractivity contribution < 1.29 is 0 Å². The number of hydrogen-bond acceptors (Lipinski definition) is 2. The summed E-state index contributed by atoms with van der Waals surface area (Å²) in [6.45, 7) is 0. The Bertz CT molecular complexity index is 368. The van der Waals surface area contributed by atoms with E-state index in [1.165, 1.54) is 12.8 Å². The average Bonchev–Trinajstić information content (AvgIpc) is 2.27. The minimum Gasteiger partial charge on any atom is -0.381 e. The Morgan fingerprint density at radius 2 is 1.88 bits per heavy atom. The van der Waals surface area contributed by atoms with Crippen LogP contribution in [0.4, 0.5) is 5.69 Å². The van der Waals surface area contributed by atoms with Gasteiger partial charge in [-0.1, -0.05) is 36.0 Å². The second-order valence-corrected chi connectivity index (χ2v) is 5.14. The Labute approximate surface area is 106 Å². The van der Waals surface area contributed by atoms with Gasteiger partial charge in [0, 0.05) is 17.8 Å². The molecule has 3 N–H and O–H groups in total. The normalized spacial score (nSPS) is 25.4. The lowest BCUT2D eigenvalue weighted by molar-refractivity contribution is 0.404. The maximum Gasteiger partial charge on any atom is 0.0612 e. The minimum atomic E-state index is 0.239. The maximum atomic E-state index is 6.07. The Morgan fingerprint density at radius 1 is 1.12 bits per heavy atom. The number of anilines is 1. The lowest BCUT2D eigenvalue weighted by Crippen LogP contribution is -2.42. The summed E-state index contributed by atoms with van der Waals surface area (Å²) in [5.41, 5.74) is 7.07. The van der Waals surface area contributed by atoms with E-state index in [1.54, 1.807) is 6.07 Å². The molecule has 1 aromatic rings. The number of hydrogen-bond donors (Lipinski definition) is 2. The van der Waals surface area contributed by atoms with Crippen LogP contribution in [0.25, 0.3) is 0 Å². The van der Waals surface area contributed by atoms with Crippen molar-refractivity contribution in [3.05, 3.63) is 28.2 Å². The van der Waals surface area contributed by atoms with Gasteiger partial charge in [0.05, 0.1) is 10.0 Å². The number of benzene rings is 1. The molecule has 88 valence electrons. The quantitative estimate of drug-likeness (QED) is 0.850. The summed E-state index contributed by atoms with van der Waals surface area (Å²) in [6, 6.07) is 6.19. The van der Waals surface area contributed by atoms with Crippen LogP contribution in [0, 0.1) is 0 Å². The summed E-state index contributed by atoms with van der Waals surface area (Å²) >= 11 is 11.8. The fraction of sp³-hybridized carbons (Fsp3) is 0.500. The standard InChI is InChI=1S/C12H16Cl2N2/c13-9-6-5-8(7-10(9)14)16-12-4-2-1-3-11(12)15/h5-7,11-12,16H,1-4,15H2. The maximum absolute atomic E-state index is 6.07. The molecule has 0 aromatic heterocycles. The summed E-state index contributed by atoms with van der Waals surface area (Å²) < 4.78 is 0. The van der Waals surface area contributed by atoms with Crippen molar-refractivity contribution in [2.45, 2.75) is 37.8 Å². The van der Waals surface area contributed by atoms with E-state index >= 15 is 0 Å². The number of halogens is 2. The van der Waals surface area contributed by atoms with Crippen LogP contribution in [0.5, 0.6) is 0 Å². The molecule has 1 fully saturated rings. The van der Waals surface area contributed by atoms with Crippen LogP contribution in [-0.4, -0.2) is 12.1 Å². The summed E-state index contributed by atoms with van der Waals surface area (Å²) in [7, 11) is 0. The highest BCUT2D eigenvalue weighted by molar-refractivity contribution is 6.42. The topological polar surface area (TPSA) is 38.0 Å². The van der Waals surface area contributed by atoms with Crippen LogP contribution < -0.4 is 11.1 Å². The van der Waals surface area contributed by atoms with Crippen LogP contribution >= 0.6 is 23.2 Å². The van der Waals surface area contributed by atoms with E-state index in [2.05, 4.69) is 5.32 Å². The summed E-state index contributed by atoms with van der Waals surface area (Å²) in [4.78, 5) is 0. The molecule has 2 unspecified atom stereocenters. The Morgan fingerprint density at radius 3 is 2.56 bits per heavy atom. The molecule has 4 heteroatoms. The van der Waals surface area contributed by atoms with Gasteiger partial charge in [-0.3, -0.25) is 0 Å². The molecule has 2 rings (SSSR count). The molecule has 0 aliphatic heterocycles. The van der Waals surface area contributed by atoms with Gasteiger partial charge in [0.1, 0.15) is 0 Å². The van der Waals surface area contributed by atoms with Crippen molar-refractivity contribution in [1.29, 1.82) is 0 Å². The number of nitrogens with one attached hydrogen (secondary N) is 1. The fourth-order valence-electron chi connectivity index (χ4n) is 2.14. The minimum absolute atomic E-state index is 0.239. The molecule has 0 amide bonds. The van der Waals surface area contributed by atoms with Gasteiger partial charge in [-0.05, 0) is 31.0 Å². The van der Waals surface area contributed by atoms with Gasteiger partial charge in [0.25, 0.3) is 0 Å². The second kappa shape index (κ2) is 5.26. The van der Waals surface area contributed by atoms with Gasteiger partial charge in [0.2, 0.25) is 0 Å². The first-order chi connectivity index (χ1) is 7.66. The van der Waals surface area contributed by atoms with Gasteiger partial charge in [-0.2, -0.15) is 0 Å². The summed E-state index contributed by atoms with van der Waals surface area (Å²) in [6.07, 6.45) is 4.70. The van der Waals surface area contributed by atoms with E-state index in [9.17, 15) is 0 Å². The first-order valence-electron chi connectivity index (χ1n) is 5.64. The molecule has 1 aromatic carbocycles. The zero-order chi connectivity index (χ0) is 11.5. The molecule has 16 heavy (non-hydrogen) atoms. The van der Waals surface area contributed by atoms with E-state index in [-0.39, 0.29) is 6.04 Å². The second-order valence-electron chi connectivity index (χ2n) is 4.33. The largest absolute Gasteiger partial charge is 0.381 e. The van der Waals surface area contributed by atoms with Crippen molar-refractivity contribution in [3.63, 3.8) is 0 Å². The zero-order valence-electron chi connectivity index (χ0n) is 9.05. The predicted molar refractivity (Wildman–Crippen MR) is 70.3 cm³/mol. The number of nitrogens with two attached hydrogens (primary N) is 1. The zero-order valence-corrected chi connectivity index (χ0v) is 10.6. The molecule has 1 saturated carbocycles. The molecule has 0 saturated heterocycles. The highest BCUT2D eigenvalue weighted by Gasteiger charge is 2.21. The van der Waals surface area contributed by atoms with Crippen molar-refractivity contribution in [3.8, 4) is 0 Å². The van der Waals surface area contributed by atoms with Gasteiger partial charge in [-0.15, -0.1) is 0 Å². The Balaban J connectivity index is 2.05. The van der Waals surface area contributed by atoms with E-state index in [1.807, 2.05) is 12.1 Å². The van der Waals surface area contributed by atoms with E-state index in [0.29, 0.717) is 16.1 Å². The van der Waals surface area contributed by atoms with Crippen molar-refractivity contribution >= 4 is 28.9 Å². The molecule has 1 aliphatic carbocycles. The van der Waals surface area contributed by atoms with Crippen molar-refractivity contribution in [2.75, 3.05) is 5.32 Å². The molecule has 0 spiro atoms. The SMILES string of the molecule is NC1CCCCC1Nc1ccc(Cl)c(Cl)c1. The van der Waals surface area contributed by atoms with E-state index in [4.69, 9.17) is 28.9 Å². The fourth-order valence-corrected chi connectivity index (χ4v) is 2.44. The Hall–Kier alpha value is -0.440. The molecule has 0 heterocycles. The number of rotatable bonds is 2. The molecular weight excluding hydrogens is 243 g/mol. The van der Waals surface area contributed by atoms with Crippen LogP contribution in [0.15, 0.2) is 18.2 Å². The van der Waals surface area contributed by atoms with E-state index in [0.717, 1.165) is 18.5 Å². The van der Waals surface area contributed by atoms with Crippen LogP contribution in [-0.2, 0) is 0 Å². The van der Waals surface area contributed by atoms with Crippen molar-refractivity contribution in [2.24, 2.45) is 5.73 Å². The molecule has 2 atom stereocenters. The highest BCUT2D eigenvalue weighted by Crippen LogP contribution is 2.27. The van der Waals surface area contributed by atoms with Crippen LogP contribution in [0.2, 0.25) is 10.0 Å². The summed E-state index contributed by atoms with van der Waals surface area (Å²) in [5, 5.41) is 4.59. The van der Waals surface area contributed by atoms with E-state index < -0.39 is 0 Å². The third kappa shape index (κ3) is 2.82. The molecular formula is C12H16Cl2N2. The van der Waals surface area contributed by atoms with Crippen LogP contribution in [0.1, 0.15) is 25.7 Å². The third-order valence-corrected chi connectivity index (χ3v) is 3.83. The van der Waals surface area contributed by atoms with Crippen molar-refractivity contribution in [1.82, 2.24) is 0 Å². The van der Waals surface area contributed by atoms with Gasteiger partial charge < -0.3 is 11.1 Å². The average molecular weight is 259 g/mol. The lowest BCUT2D eigenvalue weighted by Gasteiger charge is -2.30. The monoisotopic (exact) mass is 258 g/mol. The summed E-state index contributed by atoms with van der Waals surface area (Å²) in [5.74, 6) is 0. The first kappa shape index (κ1) is 12.0. The third-order valence-electron chi connectivity index (χ3n) is 3.09. The van der Waals surface area contributed by atoms with Gasteiger partial charge in [0.15, 0.2) is 0 Å². The lowest BCUT2D eigenvalue weighted by atomic mass is 9.91. The Kier molecular flexibility index (Phi) is 3.95. The molecule has 0 radical (unpaired) electrons. The first-order valence-corrected chi connectivity index (χ1v) is 6.39. The van der Waals surface area contributed by atoms with Gasteiger partial charge in [-0.25, -0.2) is 0 Å². The van der Waals surface area contributed by atoms with Crippen LogP contribution in [0.3, 0.4) is 0 Å². The van der Waals surface area contributed by atoms with Gasteiger partial charge >= 0.3 is 0 Å². The predicted octanol–water partition coefficient (Wildman–Crippen LogP) is 3.68. The molecule has 1 aliphatic rings. The molecule has 2 nitrogen and oxygen atoms in total. The highest BCUT2D eigenvalue weighted by atomic mass is 35.5. The smallest absolute Gasteiger partial charge is 0.0612 e. The molecule has 0 bridgehead atoms.